The van der Waals surface area contributed by atoms with Gasteiger partial charge >= 0.3 is 6.18 Å². The van der Waals surface area contributed by atoms with E-state index >= 15 is 0 Å². The van der Waals surface area contributed by atoms with Gasteiger partial charge < -0.3 is 10.4 Å². The lowest BCUT2D eigenvalue weighted by Crippen LogP contribution is -2.51. The molecule has 1 aliphatic carbocycles. The first-order valence-corrected chi connectivity index (χ1v) is 15.1. The number of piperidine rings is 1. The molecule has 0 bridgehead atoms. The number of aromatic nitrogens is 5. The van der Waals surface area contributed by atoms with Crippen molar-refractivity contribution in [2.24, 2.45) is 0 Å². The zero-order valence-electron chi connectivity index (χ0n) is 23.0. The van der Waals surface area contributed by atoms with Gasteiger partial charge in [-0.2, -0.15) is 17.5 Å². The zero-order chi connectivity index (χ0) is 29.9. The highest BCUT2D eigenvalue weighted by Crippen LogP contribution is 2.58. The van der Waals surface area contributed by atoms with Crippen LogP contribution in [0.25, 0.3) is 16.9 Å². The number of anilines is 1. The van der Waals surface area contributed by atoms with E-state index in [1.54, 1.807) is 18.3 Å². The maximum atomic E-state index is 13.4. The Bertz CT molecular complexity index is 1700. The fourth-order valence-electron chi connectivity index (χ4n) is 5.41. The molecule has 0 unspecified atom stereocenters. The molecule has 222 valence electrons. The number of alkyl halides is 3. The molecule has 0 spiro atoms. The molecule has 2 atom stereocenters. The quantitative estimate of drug-likeness (QED) is 0.324. The summed E-state index contributed by atoms with van der Waals surface area (Å²) in [7, 11) is -3.89. The predicted molar refractivity (Wildman–Crippen MR) is 148 cm³/mol. The molecule has 2 fully saturated rings. The summed E-state index contributed by atoms with van der Waals surface area (Å²) in [6.07, 6.45) is -0.312. The Balaban J connectivity index is 1.11. The lowest BCUT2D eigenvalue weighted by molar-refractivity contribution is -0.160. The third kappa shape index (κ3) is 5.01. The van der Waals surface area contributed by atoms with Gasteiger partial charge in [-0.15, -0.1) is 10.2 Å². The van der Waals surface area contributed by atoms with E-state index in [2.05, 4.69) is 25.5 Å². The molecule has 4 aromatic rings. The van der Waals surface area contributed by atoms with Crippen molar-refractivity contribution in [2.45, 2.75) is 67.7 Å². The molecule has 0 radical (unpaired) electrons. The topological polar surface area (TPSA) is 126 Å². The number of fused-ring (bicyclic) bond motifs is 1. The number of rotatable bonds is 7. The van der Waals surface area contributed by atoms with Crippen molar-refractivity contribution in [3.63, 3.8) is 0 Å². The third-order valence-corrected chi connectivity index (χ3v) is 9.99. The highest BCUT2D eigenvalue weighted by atomic mass is 32.2. The number of hydrogen-bond acceptors (Lipinski definition) is 8. The molecular formula is C28H30F3N7O3S. The van der Waals surface area contributed by atoms with Gasteiger partial charge in [-0.25, -0.2) is 13.4 Å². The van der Waals surface area contributed by atoms with Crippen LogP contribution in [0.2, 0.25) is 0 Å². The second-order valence-corrected chi connectivity index (χ2v) is 13.2. The van der Waals surface area contributed by atoms with Crippen LogP contribution in [0, 0.1) is 0 Å². The Kier molecular flexibility index (Phi) is 6.97. The van der Waals surface area contributed by atoms with Gasteiger partial charge in [0.1, 0.15) is 11.6 Å². The van der Waals surface area contributed by atoms with Crippen molar-refractivity contribution in [1.29, 1.82) is 0 Å². The van der Waals surface area contributed by atoms with Crippen molar-refractivity contribution in [2.75, 3.05) is 18.4 Å². The van der Waals surface area contributed by atoms with Crippen molar-refractivity contribution in [3.05, 3.63) is 66.4 Å². The Morgan fingerprint density at radius 1 is 1.05 bits per heavy atom. The normalized spacial score (nSPS) is 21.1. The van der Waals surface area contributed by atoms with Gasteiger partial charge in [0.15, 0.2) is 5.65 Å². The average molecular weight is 602 g/mol. The first-order chi connectivity index (χ1) is 19.9. The van der Waals surface area contributed by atoms with Crippen LogP contribution in [-0.2, 0) is 15.4 Å². The number of pyridine rings is 1. The largest absolute Gasteiger partial charge is 0.398 e. The van der Waals surface area contributed by atoms with Crippen LogP contribution in [0.4, 0.5) is 19.0 Å². The second-order valence-electron chi connectivity index (χ2n) is 11.2. The van der Waals surface area contributed by atoms with E-state index in [1.165, 1.54) is 34.8 Å². The zero-order valence-corrected chi connectivity index (χ0v) is 23.8. The fourth-order valence-corrected chi connectivity index (χ4v) is 6.88. The van der Waals surface area contributed by atoms with E-state index < -0.39 is 33.8 Å². The summed E-state index contributed by atoms with van der Waals surface area (Å²) in [4.78, 5) is 8.66. The Morgan fingerprint density at radius 2 is 1.79 bits per heavy atom. The number of nitrogens with zero attached hydrogens (tertiary/aromatic N) is 6. The Morgan fingerprint density at radius 3 is 2.38 bits per heavy atom. The lowest BCUT2D eigenvalue weighted by atomic mass is 9.97. The Hall–Kier alpha value is -3.62. The van der Waals surface area contributed by atoms with Gasteiger partial charge in [-0.3, -0.25) is 9.38 Å². The van der Waals surface area contributed by atoms with Crippen molar-refractivity contribution in [1.82, 2.24) is 28.9 Å². The maximum Gasteiger partial charge on any atom is 0.398 e. The molecule has 10 nitrogen and oxygen atoms in total. The molecule has 2 aliphatic rings. The van der Waals surface area contributed by atoms with Crippen molar-refractivity contribution < 1.29 is 26.7 Å². The highest BCUT2D eigenvalue weighted by Gasteiger charge is 2.64. The van der Waals surface area contributed by atoms with E-state index in [-0.39, 0.29) is 48.7 Å². The number of hydrogen-bond donors (Lipinski definition) is 2. The molecule has 1 saturated heterocycles. The molecule has 4 heterocycles. The summed E-state index contributed by atoms with van der Waals surface area (Å²) >= 11 is 0. The summed E-state index contributed by atoms with van der Waals surface area (Å²) < 4.78 is 70.1. The molecule has 14 heteroatoms. The molecule has 1 aromatic carbocycles. The molecule has 6 rings (SSSR count). The van der Waals surface area contributed by atoms with Crippen molar-refractivity contribution in [3.8, 4) is 11.3 Å². The van der Waals surface area contributed by atoms with E-state index in [0.29, 0.717) is 17.2 Å². The number of nitrogens with one attached hydrogen (secondary N) is 1. The Labute approximate surface area is 240 Å². The summed E-state index contributed by atoms with van der Waals surface area (Å²) in [5, 5.41) is 22.2. The molecular weight excluding hydrogens is 571 g/mol. The van der Waals surface area contributed by atoms with Crippen LogP contribution in [0.3, 0.4) is 0 Å². The lowest BCUT2D eigenvalue weighted by Gasteiger charge is -2.35. The van der Waals surface area contributed by atoms with Gasteiger partial charge in [0, 0.05) is 37.0 Å². The molecule has 1 saturated carbocycles. The van der Waals surface area contributed by atoms with Crippen molar-refractivity contribution >= 4 is 21.5 Å². The van der Waals surface area contributed by atoms with Gasteiger partial charge in [-0.1, -0.05) is 32.0 Å². The molecule has 2 N–H and O–H groups in total. The number of halogens is 3. The standard InChI is InChI=1S/C28H30F3N7O3S/c1-17(2)26-36-35-25-14-32-22(15-38(25)26)18-3-6-20(7-4-18)42(40,41)37-12-9-21(23(39)16-37)34-24-8-5-19(13-33-24)27(10-11-27)28(29,30)31/h3-8,13-15,17,21,23,39H,9-12,16H2,1-2H3,(H,33,34)/t21-,23+/m1/s1. The van der Waals surface area contributed by atoms with Crippen LogP contribution < -0.4 is 5.32 Å². The smallest absolute Gasteiger partial charge is 0.390 e. The second kappa shape index (κ2) is 10.3. The van der Waals surface area contributed by atoms with E-state index in [1.807, 2.05) is 24.4 Å². The van der Waals surface area contributed by atoms with E-state index in [9.17, 15) is 26.7 Å². The minimum absolute atomic E-state index is 0.0499. The molecule has 0 amide bonds. The summed E-state index contributed by atoms with van der Waals surface area (Å²) in [6.45, 7) is 4.05. The van der Waals surface area contributed by atoms with Crippen LogP contribution in [-0.4, -0.2) is 73.8 Å². The first-order valence-electron chi connectivity index (χ1n) is 13.7. The summed E-state index contributed by atoms with van der Waals surface area (Å²) in [6, 6.07) is 8.77. The number of aliphatic hydroxyl groups excluding tert-OH is 1. The summed E-state index contributed by atoms with van der Waals surface area (Å²) in [5.74, 6) is 1.28. The van der Waals surface area contributed by atoms with Gasteiger partial charge in [0.05, 0.1) is 34.3 Å². The highest BCUT2D eigenvalue weighted by molar-refractivity contribution is 7.89. The third-order valence-electron chi connectivity index (χ3n) is 8.11. The van der Waals surface area contributed by atoms with Gasteiger partial charge in [0.2, 0.25) is 10.0 Å². The monoisotopic (exact) mass is 601 g/mol. The van der Waals surface area contributed by atoms with Crippen LogP contribution >= 0.6 is 0 Å². The van der Waals surface area contributed by atoms with E-state index in [0.717, 1.165) is 11.4 Å². The number of sulfonamides is 1. The van der Waals surface area contributed by atoms with E-state index in [4.69, 9.17) is 0 Å². The number of β-amino-alcohol motifs (C(OH)–C–C–N with tert-alkyl or cyclic N) is 1. The van der Waals surface area contributed by atoms with Gasteiger partial charge in [-0.05, 0) is 43.0 Å². The number of benzene rings is 1. The minimum Gasteiger partial charge on any atom is -0.390 e. The molecule has 42 heavy (non-hydrogen) atoms. The average Bonchev–Trinajstić information content (AvgIpc) is 3.68. The molecule has 1 aliphatic heterocycles. The predicted octanol–water partition coefficient (Wildman–Crippen LogP) is 4.14. The summed E-state index contributed by atoms with van der Waals surface area (Å²) in [5.41, 5.74) is 0.309. The maximum absolute atomic E-state index is 13.4. The van der Waals surface area contributed by atoms with Crippen LogP contribution in [0.5, 0.6) is 0 Å². The van der Waals surface area contributed by atoms with Gasteiger partial charge in [0.25, 0.3) is 0 Å². The van der Waals surface area contributed by atoms with Crippen LogP contribution in [0.1, 0.15) is 50.4 Å². The fraction of sp³-hybridized carbons (Fsp3) is 0.429. The van der Waals surface area contributed by atoms with Crippen LogP contribution in [0.15, 0.2) is 59.9 Å². The SMILES string of the molecule is CC(C)c1nnc2cnc(-c3ccc(S(=O)(=O)N4CC[C@@H](Nc5ccc(C6(C(F)(F)F)CC6)cn5)[C@@H](O)C4)cc3)cn12. The molecule has 3 aromatic heterocycles. The number of aliphatic hydroxyl groups is 1. The first kappa shape index (κ1) is 28.5. The minimum atomic E-state index is -4.32.